The number of nitrogens with two attached hydrogens (primary N) is 1. The molecule has 4 nitrogen and oxygen atoms in total. The predicted octanol–water partition coefficient (Wildman–Crippen LogP) is 1.77. The lowest BCUT2D eigenvalue weighted by Gasteiger charge is -2.20. The van der Waals surface area contributed by atoms with Gasteiger partial charge in [-0.1, -0.05) is 0 Å². The molecule has 0 aliphatic rings. The zero-order valence-corrected chi connectivity index (χ0v) is 10.3. The van der Waals surface area contributed by atoms with Gasteiger partial charge in [-0.25, -0.2) is 4.79 Å². The van der Waals surface area contributed by atoms with Crippen molar-refractivity contribution in [2.24, 2.45) is 0 Å². The SMILES string of the molecule is CSCCN(C)c1ccc(C(=O)O)cc1N. The normalized spacial score (nSPS) is 10.1. The summed E-state index contributed by atoms with van der Waals surface area (Å²) >= 11 is 1.76. The lowest BCUT2D eigenvalue weighted by Crippen LogP contribution is -2.21. The maximum absolute atomic E-state index is 10.7. The maximum atomic E-state index is 10.7. The quantitative estimate of drug-likeness (QED) is 0.768. The van der Waals surface area contributed by atoms with Crippen LogP contribution in [0.4, 0.5) is 11.4 Å². The maximum Gasteiger partial charge on any atom is 0.335 e. The summed E-state index contributed by atoms with van der Waals surface area (Å²) in [7, 11) is 1.95. The minimum atomic E-state index is -0.954. The molecule has 1 aromatic carbocycles. The van der Waals surface area contributed by atoms with Gasteiger partial charge in [-0.2, -0.15) is 11.8 Å². The number of nitrogens with zero attached hydrogens (tertiary/aromatic N) is 1. The van der Waals surface area contributed by atoms with Gasteiger partial charge in [0.25, 0.3) is 0 Å². The van der Waals surface area contributed by atoms with Crippen LogP contribution in [0.25, 0.3) is 0 Å². The van der Waals surface area contributed by atoms with E-state index in [2.05, 4.69) is 0 Å². The highest BCUT2D eigenvalue weighted by Crippen LogP contribution is 2.23. The average molecular weight is 240 g/mol. The van der Waals surface area contributed by atoms with Crippen LogP contribution >= 0.6 is 11.8 Å². The average Bonchev–Trinajstić information content (AvgIpc) is 2.25. The molecule has 0 bridgehead atoms. The van der Waals surface area contributed by atoms with E-state index in [0.29, 0.717) is 5.69 Å². The molecule has 1 aromatic rings. The van der Waals surface area contributed by atoms with Crippen LogP contribution in [0.1, 0.15) is 10.4 Å². The van der Waals surface area contributed by atoms with Crippen LogP contribution in [-0.4, -0.2) is 36.7 Å². The van der Waals surface area contributed by atoms with E-state index in [-0.39, 0.29) is 5.56 Å². The molecule has 0 spiro atoms. The predicted molar refractivity (Wildman–Crippen MR) is 69.5 cm³/mol. The van der Waals surface area contributed by atoms with Crippen molar-refractivity contribution in [1.29, 1.82) is 0 Å². The Morgan fingerprint density at radius 2 is 2.25 bits per heavy atom. The summed E-state index contributed by atoms with van der Waals surface area (Å²) in [5, 5.41) is 8.81. The fraction of sp³-hybridized carbons (Fsp3) is 0.364. The number of hydrogen-bond acceptors (Lipinski definition) is 4. The molecule has 0 aliphatic carbocycles. The van der Waals surface area contributed by atoms with Crippen LogP contribution < -0.4 is 10.6 Å². The van der Waals surface area contributed by atoms with E-state index in [9.17, 15) is 4.79 Å². The highest BCUT2D eigenvalue weighted by atomic mass is 32.2. The Balaban J connectivity index is 2.85. The number of nitrogen functional groups attached to an aromatic ring is 1. The molecule has 0 radical (unpaired) electrons. The molecule has 0 unspecified atom stereocenters. The van der Waals surface area contributed by atoms with Crippen molar-refractivity contribution >= 4 is 29.1 Å². The zero-order valence-electron chi connectivity index (χ0n) is 9.43. The molecule has 0 atom stereocenters. The van der Waals surface area contributed by atoms with E-state index < -0.39 is 5.97 Å². The van der Waals surface area contributed by atoms with Crippen molar-refractivity contribution in [1.82, 2.24) is 0 Å². The minimum Gasteiger partial charge on any atom is -0.478 e. The van der Waals surface area contributed by atoms with E-state index in [0.717, 1.165) is 18.0 Å². The summed E-state index contributed by atoms with van der Waals surface area (Å²) in [6.07, 6.45) is 2.05. The van der Waals surface area contributed by atoms with Crippen LogP contribution in [0.3, 0.4) is 0 Å². The van der Waals surface area contributed by atoms with Gasteiger partial charge >= 0.3 is 5.97 Å². The fourth-order valence-electron chi connectivity index (χ4n) is 1.38. The topological polar surface area (TPSA) is 66.6 Å². The van der Waals surface area contributed by atoms with E-state index in [1.807, 2.05) is 18.2 Å². The second-order valence-corrected chi connectivity index (χ2v) is 4.48. The van der Waals surface area contributed by atoms with E-state index >= 15 is 0 Å². The summed E-state index contributed by atoms with van der Waals surface area (Å²) in [6, 6.07) is 4.82. The summed E-state index contributed by atoms with van der Waals surface area (Å²) in [5.74, 6) is 0.0568. The molecule has 0 aliphatic heterocycles. The Labute approximate surface area is 99.4 Å². The number of hydrogen-bond donors (Lipinski definition) is 2. The number of carbonyl (C=O) groups is 1. The summed E-state index contributed by atoms with van der Waals surface area (Å²) in [5.41, 5.74) is 7.42. The lowest BCUT2D eigenvalue weighted by atomic mass is 10.1. The number of anilines is 2. The summed E-state index contributed by atoms with van der Waals surface area (Å²) < 4.78 is 0. The number of aromatic carboxylic acids is 1. The van der Waals surface area contributed by atoms with Gasteiger partial charge in [0.1, 0.15) is 0 Å². The van der Waals surface area contributed by atoms with E-state index in [1.165, 1.54) is 6.07 Å². The number of benzene rings is 1. The summed E-state index contributed by atoms with van der Waals surface area (Å²) in [6.45, 7) is 0.887. The molecule has 16 heavy (non-hydrogen) atoms. The molecular weight excluding hydrogens is 224 g/mol. The molecule has 0 saturated heterocycles. The van der Waals surface area contributed by atoms with Crippen molar-refractivity contribution in [3.63, 3.8) is 0 Å². The van der Waals surface area contributed by atoms with Gasteiger partial charge in [-0.05, 0) is 24.5 Å². The monoisotopic (exact) mass is 240 g/mol. The Kier molecular flexibility index (Phi) is 4.49. The highest BCUT2D eigenvalue weighted by molar-refractivity contribution is 7.98. The van der Waals surface area contributed by atoms with E-state index in [1.54, 1.807) is 23.9 Å². The van der Waals surface area contributed by atoms with Crippen molar-refractivity contribution in [2.75, 3.05) is 36.2 Å². The molecule has 88 valence electrons. The Morgan fingerprint density at radius 1 is 1.56 bits per heavy atom. The third kappa shape index (κ3) is 3.06. The van der Waals surface area contributed by atoms with Crippen molar-refractivity contribution in [2.45, 2.75) is 0 Å². The first-order chi connectivity index (χ1) is 7.56. The van der Waals surface area contributed by atoms with Gasteiger partial charge in [0.2, 0.25) is 0 Å². The number of rotatable bonds is 5. The second-order valence-electron chi connectivity index (χ2n) is 3.49. The Bertz CT molecular complexity index is 382. The first kappa shape index (κ1) is 12.7. The molecule has 5 heteroatoms. The molecule has 0 fully saturated rings. The summed E-state index contributed by atoms with van der Waals surface area (Å²) in [4.78, 5) is 12.8. The van der Waals surface area contributed by atoms with Crippen LogP contribution in [0.5, 0.6) is 0 Å². The number of thioether (sulfide) groups is 1. The van der Waals surface area contributed by atoms with Gasteiger partial charge in [-0.15, -0.1) is 0 Å². The van der Waals surface area contributed by atoms with Crippen LogP contribution in [0.15, 0.2) is 18.2 Å². The first-order valence-corrected chi connectivity index (χ1v) is 6.28. The fourth-order valence-corrected chi connectivity index (χ4v) is 1.84. The molecule has 1 rings (SSSR count). The number of carboxylic acids is 1. The van der Waals surface area contributed by atoms with Gasteiger partial charge in [0.15, 0.2) is 0 Å². The first-order valence-electron chi connectivity index (χ1n) is 4.89. The van der Waals surface area contributed by atoms with Crippen molar-refractivity contribution in [3.05, 3.63) is 23.8 Å². The van der Waals surface area contributed by atoms with Gasteiger partial charge in [-0.3, -0.25) is 0 Å². The molecule has 0 saturated carbocycles. The smallest absolute Gasteiger partial charge is 0.335 e. The third-order valence-corrected chi connectivity index (χ3v) is 2.91. The molecule has 0 heterocycles. The largest absolute Gasteiger partial charge is 0.478 e. The third-order valence-electron chi connectivity index (χ3n) is 2.32. The van der Waals surface area contributed by atoms with Gasteiger partial charge in [0, 0.05) is 19.3 Å². The van der Waals surface area contributed by atoms with Crippen LogP contribution in [0, 0.1) is 0 Å². The molecule has 0 amide bonds. The lowest BCUT2D eigenvalue weighted by molar-refractivity contribution is 0.0697. The minimum absolute atomic E-state index is 0.222. The zero-order chi connectivity index (χ0) is 12.1. The van der Waals surface area contributed by atoms with E-state index in [4.69, 9.17) is 10.8 Å². The van der Waals surface area contributed by atoms with Crippen LogP contribution in [-0.2, 0) is 0 Å². The molecule has 3 N–H and O–H groups in total. The molecular formula is C11H16N2O2S. The van der Waals surface area contributed by atoms with Crippen molar-refractivity contribution < 1.29 is 9.90 Å². The highest BCUT2D eigenvalue weighted by Gasteiger charge is 2.08. The van der Waals surface area contributed by atoms with Gasteiger partial charge in [0.05, 0.1) is 16.9 Å². The van der Waals surface area contributed by atoms with Crippen molar-refractivity contribution in [3.8, 4) is 0 Å². The van der Waals surface area contributed by atoms with Gasteiger partial charge < -0.3 is 15.7 Å². The molecule has 0 aromatic heterocycles. The Morgan fingerprint density at radius 3 is 2.75 bits per heavy atom. The number of carboxylic acid groups (broad SMARTS) is 1. The standard InChI is InChI=1S/C11H16N2O2S/c1-13(5-6-16-2)10-4-3-8(11(14)15)7-9(10)12/h3-4,7H,5-6,12H2,1-2H3,(H,14,15). The van der Waals surface area contributed by atoms with Crippen LogP contribution in [0.2, 0.25) is 0 Å². The Hall–Kier alpha value is -1.36. The second kappa shape index (κ2) is 5.65.